The fourth-order valence-corrected chi connectivity index (χ4v) is 3.45. The molecule has 0 aromatic heterocycles. The van der Waals surface area contributed by atoms with Crippen LogP contribution >= 0.6 is 0 Å². The lowest BCUT2D eigenvalue weighted by Gasteiger charge is -2.11. The van der Waals surface area contributed by atoms with E-state index in [0.29, 0.717) is 25.4 Å². The zero-order valence-corrected chi connectivity index (χ0v) is 13.9. The molecule has 1 aliphatic rings. The summed E-state index contributed by atoms with van der Waals surface area (Å²) in [5.41, 5.74) is 1.01. The summed E-state index contributed by atoms with van der Waals surface area (Å²) in [6, 6.07) is 6.78. The van der Waals surface area contributed by atoms with Gasteiger partial charge in [0.1, 0.15) is 0 Å². The zero-order chi connectivity index (χ0) is 16.2. The van der Waals surface area contributed by atoms with Crippen LogP contribution in [0, 0.1) is 11.8 Å². The number of hydrogen-bond acceptors (Lipinski definition) is 3. The van der Waals surface area contributed by atoms with Crippen molar-refractivity contribution in [3.8, 4) is 0 Å². The number of carbonyl (C=O) groups is 1. The van der Waals surface area contributed by atoms with Gasteiger partial charge in [-0.2, -0.15) is 0 Å². The molecule has 1 aromatic rings. The third-order valence-electron chi connectivity index (χ3n) is 4.02. The van der Waals surface area contributed by atoms with Gasteiger partial charge in [-0.05, 0) is 42.9 Å². The van der Waals surface area contributed by atoms with E-state index in [2.05, 4.69) is 10.0 Å². The second-order valence-corrected chi connectivity index (χ2v) is 7.58. The first kappa shape index (κ1) is 17.0. The Morgan fingerprint density at radius 1 is 1.27 bits per heavy atom. The van der Waals surface area contributed by atoms with Gasteiger partial charge in [0.15, 0.2) is 0 Å². The summed E-state index contributed by atoms with van der Waals surface area (Å²) >= 11 is 0. The van der Waals surface area contributed by atoms with Gasteiger partial charge in [0.05, 0.1) is 4.90 Å². The number of rotatable bonds is 8. The molecule has 2 N–H and O–H groups in total. The maximum Gasteiger partial charge on any atom is 0.240 e. The Kier molecular flexibility index (Phi) is 5.58. The number of carbonyl (C=O) groups excluding carboxylic acids is 1. The van der Waals surface area contributed by atoms with E-state index in [-0.39, 0.29) is 16.7 Å². The van der Waals surface area contributed by atoms with Crippen molar-refractivity contribution in [2.24, 2.45) is 11.8 Å². The molecule has 0 bridgehead atoms. The van der Waals surface area contributed by atoms with Crippen LogP contribution in [0.25, 0.3) is 0 Å². The first-order valence-corrected chi connectivity index (χ1v) is 9.28. The van der Waals surface area contributed by atoms with E-state index in [1.54, 1.807) is 31.2 Å². The number of nitrogens with one attached hydrogen (secondary N) is 2. The number of sulfonamides is 1. The van der Waals surface area contributed by atoms with Crippen LogP contribution in [-0.2, 0) is 21.2 Å². The number of amides is 1. The molecule has 0 aliphatic heterocycles. The minimum absolute atomic E-state index is 0.104. The lowest BCUT2D eigenvalue weighted by Crippen LogP contribution is -2.31. The van der Waals surface area contributed by atoms with Gasteiger partial charge in [0.2, 0.25) is 15.9 Å². The first-order chi connectivity index (χ1) is 10.4. The normalized spacial score (nSPS) is 16.3. The molecule has 6 heteroatoms. The lowest BCUT2D eigenvalue weighted by atomic mass is 10.1. The van der Waals surface area contributed by atoms with E-state index in [9.17, 15) is 13.2 Å². The second-order valence-electron chi connectivity index (χ2n) is 5.81. The molecule has 0 radical (unpaired) electrons. The van der Waals surface area contributed by atoms with Crippen molar-refractivity contribution in [1.29, 1.82) is 0 Å². The Morgan fingerprint density at radius 3 is 2.45 bits per heavy atom. The predicted octanol–water partition coefficient (Wildman–Crippen LogP) is 1.69. The number of hydrogen-bond donors (Lipinski definition) is 2. The summed E-state index contributed by atoms with van der Waals surface area (Å²) in [7, 11) is -3.39. The van der Waals surface area contributed by atoms with Gasteiger partial charge in [0, 0.05) is 19.0 Å². The molecular formula is C16H24N2O3S. The van der Waals surface area contributed by atoms with Crippen LogP contribution in [0.2, 0.25) is 0 Å². The van der Waals surface area contributed by atoms with E-state index < -0.39 is 10.0 Å². The van der Waals surface area contributed by atoms with Crippen LogP contribution in [0.5, 0.6) is 0 Å². The van der Waals surface area contributed by atoms with Gasteiger partial charge >= 0.3 is 0 Å². The summed E-state index contributed by atoms with van der Waals surface area (Å²) in [5, 5.41) is 2.95. The molecule has 1 aliphatic carbocycles. The van der Waals surface area contributed by atoms with Gasteiger partial charge in [0.25, 0.3) is 0 Å². The molecule has 1 saturated carbocycles. The SMILES string of the molecule is CCNS(=O)(=O)c1ccc(CCNC(=O)C(C)C2CC2)cc1. The van der Waals surface area contributed by atoms with Crippen molar-refractivity contribution in [1.82, 2.24) is 10.0 Å². The maximum absolute atomic E-state index is 11.9. The molecule has 1 aromatic carbocycles. The van der Waals surface area contributed by atoms with E-state index in [0.717, 1.165) is 18.4 Å². The molecule has 1 amide bonds. The molecule has 1 unspecified atom stereocenters. The summed E-state index contributed by atoms with van der Waals surface area (Å²) in [6.07, 6.45) is 3.03. The fraction of sp³-hybridized carbons (Fsp3) is 0.562. The molecule has 5 nitrogen and oxygen atoms in total. The van der Waals surface area contributed by atoms with Crippen molar-refractivity contribution >= 4 is 15.9 Å². The smallest absolute Gasteiger partial charge is 0.240 e. The minimum Gasteiger partial charge on any atom is -0.356 e. The van der Waals surface area contributed by atoms with E-state index in [1.807, 2.05) is 6.92 Å². The third kappa shape index (κ3) is 4.55. The van der Waals surface area contributed by atoms with Crippen LogP contribution in [-0.4, -0.2) is 27.4 Å². The standard InChI is InChI=1S/C16H24N2O3S/c1-3-18-22(20,21)15-8-4-13(5-9-15)10-11-17-16(19)12(2)14-6-7-14/h4-5,8-9,12,14,18H,3,6-7,10-11H2,1-2H3,(H,17,19). The highest BCUT2D eigenvalue weighted by Crippen LogP contribution is 2.36. The van der Waals surface area contributed by atoms with Gasteiger partial charge in [-0.1, -0.05) is 26.0 Å². The molecule has 122 valence electrons. The highest BCUT2D eigenvalue weighted by molar-refractivity contribution is 7.89. The van der Waals surface area contributed by atoms with Gasteiger partial charge < -0.3 is 5.32 Å². The topological polar surface area (TPSA) is 75.3 Å². The summed E-state index contributed by atoms with van der Waals surface area (Å²) in [5.74, 6) is 0.789. The van der Waals surface area contributed by atoms with Crippen molar-refractivity contribution in [3.63, 3.8) is 0 Å². The maximum atomic E-state index is 11.9. The Labute approximate surface area is 132 Å². The molecular weight excluding hydrogens is 300 g/mol. The molecule has 0 saturated heterocycles. The molecule has 0 spiro atoms. The Hall–Kier alpha value is -1.40. The quantitative estimate of drug-likeness (QED) is 0.764. The van der Waals surface area contributed by atoms with Crippen molar-refractivity contribution in [2.45, 2.75) is 38.0 Å². The highest BCUT2D eigenvalue weighted by atomic mass is 32.2. The Morgan fingerprint density at radius 2 is 1.91 bits per heavy atom. The van der Waals surface area contributed by atoms with E-state index in [4.69, 9.17) is 0 Å². The van der Waals surface area contributed by atoms with Crippen molar-refractivity contribution in [3.05, 3.63) is 29.8 Å². The van der Waals surface area contributed by atoms with Gasteiger partial charge in [-0.3, -0.25) is 4.79 Å². The number of benzene rings is 1. The third-order valence-corrected chi connectivity index (χ3v) is 5.59. The molecule has 1 fully saturated rings. The predicted molar refractivity (Wildman–Crippen MR) is 85.9 cm³/mol. The summed E-state index contributed by atoms with van der Waals surface area (Å²) in [4.78, 5) is 12.1. The molecule has 22 heavy (non-hydrogen) atoms. The first-order valence-electron chi connectivity index (χ1n) is 7.80. The second kappa shape index (κ2) is 7.24. The lowest BCUT2D eigenvalue weighted by molar-refractivity contribution is -0.125. The Bertz CT molecular complexity index is 607. The monoisotopic (exact) mass is 324 g/mol. The molecule has 2 rings (SSSR count). The largest absolute Gasteiger partial charge is 0.356 e. The minimum atomic E-state index is -3.39. The van der Waals surface area contributed by atoms with Crippen LogP contribution < -0.4 is 10.0 Å². The van der Waals surface area contributed by atoms with Crippen molar-refractivity contribution in [2.75, 3.05) is 13.1 Å². The van der Waals surface area contributed by atoms with Crippen LogP contribution in [0.1, 0.15) is 32.3 Å². The molecule has 0 heterocycles. The van der Waals surface area contributed by atoms with Gasteiger partial charge in [-0.15, -0.1) is 0 Å². The van der Waals surface area contributed by atoms with Crippen LogP contribution in [0.15, 0.2) is 29.2 Å². The van der Waals surface area contributed by atoms with E-state index in [1.165, 1.54) is 0 Å². The van der Waals surface area contributed by atoms with E-state index >= 15 is 0 Å². The Balaban J connectivity index is 1.82. The zero-order valence-electron chi connectivity index (χ0n) is 13.1. The average Bonchev–Trinajstić information content (AvgIpc) is 3.31. The summed E-state index contributed by atoms with van der Waals surface area (Å²) < 4.78 is 26.1. The van der Waals surface area contributed by atoms with Crippen LogP contribution in [0.3, 0.4) is 0 Å². The highest BCUT2D eigenvalue weighted by Gasteiger charge is 2.32. The van der Waals surface area contributed by atoms with Gasteiger partial charge in [-0.25, -0.2) is 13.1 Å². The fourth-order valence-electron chi connectivity index (χ4n) is 2.41. The summed E-state index contributed by atoms with van der Waals surface area (Å²) in [6.45, 7) is 4.68. The van der Waals surface area contributed by atoms with Crippen molar-refractivity contribution < 1.29 is 13.2 Å². The van der Waals surface area contributed by atoms with Crippen LogP contribution in [0.4, 0.5) is 0 Å². The average molecular weight is 324 g/mol. The molecule has 1 atom stereocenters.